The Morgan fingerprint density at radius 3 is 2.62 bits per heavy atom. The summed E-state index contributed by atoms with van der Waals surface area (Å²) in [5.41, 5.74) is 2.53. The van der Waals surface area contributed by atoms with E-state index in [0.717, 1.165) is 27.8 Å². The van der Waals surface area contributed by atoms with E-state index in [-0.39, 0.29) is 10.8 Å². The van der Waals surface area contributed by atoms with Crippen molar-refractivity contribution in [2.24, 2.45) is 0 Å². The highest BCUT2D eigenvalue weighted by molar-refractivity contribution is 7.98. The average molecular weight is 616 g/mol. The van der Waals surface area contributed by atoms with Crippen LogP contribution in [0.15, 0.2) is 96.3 Å². The molecule has 5 aromatic rings. The average Bonchev–Trinajstić information content (AvgIpc) is 3.65. The van der Waals surface area contributed by atoms with E-state index < -0.39 is 15.2 Å². The molecular weight excluding hydrogens is 587 g/mol. The third-order valence-corrected chi connectivity index (χ3v) is 10.4. The number of imidazole rings is 1. The fourth-order valence-electron chi connectivity index (χ4n) is 4.52. The Balaban J connectivity index is 1.46. The maximum Gasteiger partial charge on any atom is 0.261 e. The summed E-state index contributed by atoms with van der Waals surface area (Å²) in [7, 11) is -3.90. The zero-order valence-electron chi connectivity index (χ0n) is 22.9. The third kappa shape index (κ3) is 6.68. The molecule has 11 heteroatoms. The van der Waals surface area contributed by atoms with E-state index in [1.807, 2.05) is 42.7 Å². The van der Waals surface area contributed by atoms with Crippen molar-refractivity contribution < 1.29 is 13.2 Å². The van der Waals surface area contributed by atoms with Crippen LogP contribution in [0.25, 0.3) is 10.1 Å². The molecule has 0 fully saturated rings. The number of nitrogens with one attached hydrogen (secondary N) is 2. The van der Waals surface area contributed by atoms with E-state index in [9.17, 15) is 13.2 Å². The van der Waals surface area contributed by atoms with Gasteiger partial charge in [0.05, 0.1) is 39.6 Å². The second-order valence-electron chi connectivity index (χ2n) is 9.60. The van der Waals surface area contributed by atoms with Crippen LogP contribution in [-0.4, -0.2) is 42.4 Å². The molecule has 42 heavy (non-hydrogen) atoms. The van der Waals surface area contributed by atoms with E-state index in [1.54, 1.807) is 71.3 Å². The topological polar surface area (TPSA) is 117 Å². The molecule has 0 aliphatic rings. The maximum atomic E-state index is 14.0. The highest BCUT2D eigenvalue weighted by atomic mass is 32.2. The van der Waals surface area contributed by atoms with Gasteiger partial charge in [0.1, 0.15) is 0 Å². The number of carbonyl (C=O) groups is 1. The summed E-state index contributed by atoms with van der Waals surface area (Å²) in [6.45, 7) is 0.998. The molecule has 0 spiro atoms. The van der Waals surface area contributed by atoms with Crippen molar-refractivity contribution >= 4 is 54.6 Å². The molecular formula is C31H29N5O3S3. The monoisotopic (exact) mass is 615 g/mol. The quantitative estimate of drug-likeness (QED) is 0.163. The summed E-state index contributed by atoms with van der Waals surface area (Å²) >= 11 is 3.15. The Bertz CT molecular complexity index is 1830. The molecule has 0 saturated heterocycles. The van der Waals surface area contributed by atoms with E-state index in [2.05, 4.69) is 21.7 Å². The first-order valence-corrected chi connectivity index (χ1v) is 17.0. The zero-order valence-corrected chi connectivity index (χ0v) is 25.3. The van der Waals surface area contributed by atoms with Crippen LogP contribution in [0.3, 0.4) is 0 Å². The van der Waals surface area contributed by atoms with E-state index in [4.69, 9.17) is 5.26 Å². The van der Waals surface area contributed by atoms with Crippen LogP contribution in [0.1, 0.15) is 38.3 Å². The maximum absolute atomic E-state index is 14.0. The van der Waals surface area contributed by atoms with E-state index in [1.165, 1.54) is 11.3 Å². The molecule has 2 N–H and O–H groups in total. The van der Waals surface area contributed by atoms with Crippen molar-refractivity contribution in [3.05, 3.63) is 113 Å². The van der Waals surface area contributed by atoms with Crippen LogP contribution in [0.2, 0.25) is 0 Å². The number of nitriles is 1. The first-order valence-electron chi connectivity index (χ1n) is 13.2. The molecule has 2 aromatic heterocycles. The number of amides is 1. The molecule has 0 bridgehead atoms. The Morgan fingerprint density at radius 1 is 1.10 bits per heavy atom. The van der Waals surface area contributed by atoms with E-state index in [0.29, 0.717) is 34.9 Å². The van der Waals surface area contributed by atoms with Crippen LogP contribution in [0, 0.1) is 11.3 Å². The molecule has 214 valence electrons. The summed E-state index contributed by atoms with van der Waals surface area (Å²) in [4.78, 5) is 17.8. The number of aromatic nitrogens is 2. The first-order chi connectivity index (χ1) is 20.4. The summed E-state index contributed by atoms with van der Waals surface area (Å²) in [5, 5.41) is 15.1. The zero-order chi connectivity index (χ0) is 29.5. The number of carbonyl (C=O) groups excluding carboxylic acids is 1. The van der Waals surface area contributed by atoms with Gasteiger partial charge in [-0.05, 0) is 77.9 Å². The van der Waals surface area contributed by atoms with Gasteiger partial charge in [0.2, 0.25) is 9.84 Å². The summed E-state index contributed by atoms with van der Waals surface area (Å²) in [6, 6.07) is 25.0. The second-order valence-corrected chi connectivity index (χ2v) is 13.7. The molecule has 2 heterocycles. The molecule has 0 aliphatic carbocycles. The van der Waals surface area contributed by atoms with Gasteiger partial charge in [-0.3, -0.25) is 4.79 Å². The van der Waals surface area contributed by atoms with Gasteiger partial charge in [-0.2, -0.15) is 17.0 Å². The number of sulfone groups is 1. The molecule has 0 saturated carbocycles. The molecule has 1 unspecified atom stereocenters. The van der Waals surface area contributed by atoms with Crippen LogP contribution < -0.4 is 10.6 Å². The van der Waals surface area contributed by atoms with Gasteiger partial charge in [-0.1, -0.05) is 30.3 Å². The number of hydrogen-bond donors (Lipinski definition) is 2. The second kappa shape index (κ2) is 13.2. The fraction of sp³-hybridized carbons (Fsp3) is 0.194. The predicted molar refractivity (Wildman–Crippen MR) is 170 cm³/mol. The van der Waals surface area contributed by atoms with Crippen molar-refractivity contribution in [3.63, 3.8) is 0 Å². The van der Waals surface area contributed by atoms with Gasteiger partial charge in [-0.15, -0.1) is 11.3 Å². The minimum atomic E-state index is -3.90. The number of rotatable bonds is 12. The van der Waals surface area contributed by atoms with Gasteiger partial charge < -0.3 is 15.2 Å². The van der Waals surface area contributed by atoms with Crippen molar-refractivity contribution in [2.45, 2.75) is 23.2 Å². The van der Waals surface area contributed by atoms with Gasteiger partial charge in [0.25, 0.3) is 5.91 Å². The van der Waals surface area contributed by atoms with Gasteiger partial charge in [-0.25, -0.2) is 13.4 Å². The normalized spacial score (nSPS) is 12.1. The molecule has 0 radical (unpaired) electrons. The number of thioether (sulfide) groups is 1. The smallest absolute Gasteiger partial charge is 0.261 e. The minimum Gasteiger partial charge on any atom is -0.364 e. The Morgan fingerprint density at radius 2 is 1.88 bits per heavy atom. The number of hydrogen-bond acceptors (Lipinski definition) is 8. The number of nitrogens with zero attached hydrogens (tertiary/aromatic N) is 3. The number of anilines is 1. The van der Waals surface area contributed by atoms with Gasteiger partial charge >= 0.3 is 0 Å². The molecule has 1 amide bonds. The first kappa shape index (κ1) is 29.4. The number of thiophene rings is 1. The minimum absolute atomic E-state index is 0.108. The molecule has 1 atom stereocenters. The lowest BCUT2D eigenvalue weighted by Gasteiger charge is -2.22. The van der Waals surface area contributed by atoms with Crippen molar-refractivity contribution in [1.29, 1.82) is 5.26 Å². The summed E-state index contributed by atoms with van der Waals surface area (Å²) in [6.07, 6.45) is 6.11. The number of fused-ring (bicyclic) bond motifs is 1. The SMILES string of the molecule is CSCCCNC(=O)c1cc2cc(NC(c3cncn3Cc3ccc(C#N)cc3)S(=O)(=O)c3ccccc3)ccc2s1. The van der Waals surface area contributed by atoms with Gasteiger partial charge in [0, 0.05) is 23.5 Å². The van der Waals surface area contributed by atoms with Crippen molar-refractivity contribution in [3.8, 4) is 6.07 Å². The van der Waals surface area contributed by atoms with Crippen molar-refractivity contribution in [1.82, 2.24) is 14.9 Å². The highest BCUT2D eigenvalue weighted by Gasteiger charge is 2.32. The lowest BCUT2D eigenvalue weighted by atomic mass is 10.1. The largest absolute Gasteiger partial charge is 0.364 e. The van der Waals surface area contributed by atoms with Crippen LogP contribution in [0.5, 0.6) is 0 Å². The highest BCUT2D eigenvalue weighted by Crippen LogP contribution is 2.34. The van der Waals surface area contributed by atoms with Gasteiger partial charge in [0.15, 0.2) is 5.37 Å². The lowest BCUT2D eigenvalue weighted by Crippen LogP contribution is -2.24. The third-order valence-electron chi connectivity index (χ3n) is 6.68. The molecule has 0 aliphatic heterocycles. The number of benzene rings is 3. The molecule has 8 nitrogen and oxygen atoms in total. The Hall–Kier alpha value is -4.11. The molecule has 3 aromatic carbocycles. The van der Waals surface area contributed by atoms with Crippen LogP contribution in [-0.2, 0) is 16.4 Å². The summed E-state index contributed by atoms with van der Waals surface area (Å²) < 4.78 is 30.8. The standard InChI is InChI=1S/C31H29N5O3S3/c1-40-15-5-14-34-30(37)29-17-24-16-25(12-13-28(24)41-29)35-31(42(38,39)26-6-3-2-4-7-26)27-19-33-21-36(27)20-23-10-8-22(18-32)9-11-23/h2-4,6-13,16-17,19,21,31,35H,5,14-15,20H2,1H3,(H,34,37). The van der Waals surface area contributed by atoms with Crippen LogP contribution >= 0.6 is 23.1 Å². The van der Waals surface area contributed by atoms with E-state index >= 15 is 0 Å². The van der Waals surface area contributed by atoms with Crippen LogP contribution in [0.4, 0.5) is 5.69 Å². The fourth-order valence-corrected chi connectivity index (χ4v) is 7.53. The lowest BCUT2D eigenvalue weighted by molar-refractivity contribution is 0.0958. The predicted octanol–water partition coefficient (Wildman–Crippen LogP) is 6.09. The Labute approximate surface area is 253 Å². The van der Waals surface area contributed by atoms with Crippen molar-refractivity contribution in [2.75, 3.05) is 23.9 Å². The Kier molecular flexibility index (Phi) is 9.27. The molecule has 5 rings (SSSR count). The summed E-state index contributed by atoms with van der Waals surface area (Å²) in [5.74, 6) is 0.879.